The van der Waals surface area contributed by atoms with Crippen LogP contribution in [0.2, 0.25) is 0 Å². The summed E-state index contributed by atoms with van der Waals surface area (Å²) in [6.07, 6.45) is 0. The second kappa shape index (κ2) is 4.03. The predicted molar refractivity (Wildman–Crippen MR) is 64.3 cm³/mol. The van der Waals surface area contributed by atoms with Gasteiger partial charge in [-0.25, -0.2) is 9.59 Å². The molecule has 0 bridgehead atoms. The van der Waals surface area contributed by atoms with E-state index in [0.29, 0.717) is 16.3 Å². The van der Waals surface area contributed by atoms with Crippen molar-refractivity contribution in [2.75, 3.05) is 0 Å². The first kappa shape index (κ1) is 11.9. The fourth-order valence-electron chi connectivity index (χ4n) is 1.87. The number of hydrogen-bond donors (Lipinski definition) is 3. The van der Waals surface area contributed by atoms with E-state index in [2.05, 4.69) is 0 Å². The molecular weight excluding hydrogens is 236 g/mol. The molecule has 0 aliphatic carbocycles. The quantitative estimate of drug-likeness (QED) is 0.755. The van der Waals surface area contributed by atoms with Crippen LogP contribution in [0.15, 0.2) is 24.3 Å². The molecule has 5 heteroatoms. The third-order valence-corrected chi connectivity index (χ3v) is 2.84. The van der Waals surface area contributed by atoms with Crippen molar-refractivity contribution in [2.45, 2.75) is 6.92 Å². The predicted octanol–water partition coefficient (Wildman–Crippen LogP) is 2.25. The summed E-state index contributed by atoms with van der Waals surface area (Å²) < 4.78 is 0. The Morgan fingerprint density at radius 3 is 2.28 bits per heavy atom. The number of aromatic hydroxyl groups is 1. The average Bonchev–Trinajstić information content (AvgIpc) is 2.32. The average molecular weight is 246 g/mol. The van der Waals surface area contributed by atoms with Gasteiger partial charge in [-0.2, -0.15) is 0 Å². The highest BCUT2D eigenvalue weighted by Crippen LogP contribution is 2.31. The molecule has 0 aliphatic rings. The first-order valence-electron chi connectivity index (χ1n) is 5.14. The van der Waals surface area contributed by atoms with Crippen molar-refractivity contribution in [3.63, 3.8) is 0 Å². The summed E-state index contributed by atoms with van der Waals surface area (Å²) in [6.45, 7) is 1.59. The van der Waals surface area contributed by atoms with Crippen LogP contribution in [0.25, 0.3) is 10.8 Å². The topological polar surface area (TPSA) is 94.8 Å². The molecule has 0 atom stereocenters. The highest BCUT2D eigenvalue weighted by atomic mass is 16.4. The van der Waals surface area contributed by atoms with Crippen molar-refractivity contribution < 1.29 is 24.9 Å². The van der Waals surface area contributed by atoms with E-state index in [0.717, 1.165) is 0 Å². The van der Waals surface area contributed by atoms with E-state index in [1.54, 1.807) is 13.0 Å². The van der Waals surface area contributed by atoms with Crippen LogP contribution in [0.5, 0.6) is 5.75 Å². The van der Waals surface area contributed by atoms with Crippen LogP contribution in [-0.4, -0.2) is 27.3 Å². The maximum Gasteiger partial charge on any atom is 0.339 e. The van der Waals surface area contributed by atoms with E-state index in [-0.39, 0.29) is 16.9 Å². The number of aromatic carboxylic acids is 2. The Hall–Kier alpha value is -2.56. The molecule has 0 unspecified atom stereocenters. The molecule has 5 nitrogen and oxygen atoms in total. The zero-order valence-electron chi connectivity index (χ0n) is 9.47. The van der Waals surface area contributed by atoms with Crippen molar-refractivity contribution in [3.05, 3.63) is 41.0 Å². The number of rotatable bonds is 2. The molecule has 0 fully saturated rings. The second-order valence-electron chi connectivity index (χ2n) is 3.94. The third kappa shape index (κ3) is 1.75. The Balaban J connectivity index is 2.83. The standard InChI is InChI=1S/C13H10O5/c1-6-9-3-2-7(12(15)16)4-8(9)5-10(11(6)14)13(17)18/h2-5,14H,1H3,(H,15,16)(H,17,18). The SMILES string of the molecule is Cc1c(O)c(C(=O)O)cc2cc(C(=O)O)ccc12. The summed E-state index contributed by atoms with van der Waals surface area (Å²) in [7, 11) is 0. The molecule has 2 aromatic carbocycles. The monoisotopic (exact) mass is 246 g/mol. The zero-order chi connectivity index (χ0) is 13.4. The minimum Gasteiger partial charge on any atom is -0.507 e. The van der Waals surface area contributed by atoms with Gasteiger partial charge in [-0.1, -0.05) is 6.07 Å². The summed E-state index contributed by atoms with van der Waals surface area (Å²) in [6, 6.07) is 5.63. The van der Waals surface area contributed by atoms with Gasteiger partial charge in [0.2, 0.25) is 0 Å². The Kier molecular flexibility index (Phi) is 2.67. The van der Waals surface area contributed by atoms with Crippen LogP contribution in [0.1, 0.15) is 26.3 Å². The fourth-order valence-corrected chi connectivity index (χ4v) is 1.87. The molecule has 0 radical (unpaired) electrons. The van der Waals surface area contributed by atoms with Crippen LogP contribution in [0.4, 0.5) is 0 Å². The molecule has 0 aliphatic heterocycles. The van der Waals surface area contributed by atoms with Crippen LogP contribution in [-0.2, 0) is 0 Å². The van der Waals surface area contributed by atoms with Crippen molar-refractivity contribution in [1.82, 2.24) is 0 Å². The van der Waals surface area contributed by atoms with Crippen LogP contribution in [0, 0.1) is 6.92 Å². The number of carboxylic acid groups (broad SMARTS) is 2. The summed E-state index contributed by atoms with van der Waals surface area (Å²) in [4.78, 5) is 21.8. The van der Waals surface area contributed by atoms with Gasteiger partial charge in [0.05, 0.1) is 5.56 Å². The highest BCUT2D eigenvalue weighted by molar-refractivity contribution is 6.01. The van der Waals surface area contributed by atoms with E-state index in [1.165, 1.54) is 18.2 Å². The summed E-state index contributed by atoms with van der Waals surface area (Å²) >= 11 is 0. The molecule has 18 heavy (non-hydrogen) atoms. The summed E-state index contributed by atoms with van der Waals surface area (Å²) in [5, 5.41) is 28.7. The fraction of sp³-hybridized carbons (Fsp3) is 0.0769. The highest BCUT2D eigenvalue weighted by Gasteiger charge is 2.15. The molecule has 0 saturated carbocycles. The molecule has 92 valence electrons. The second-order valence-corrected chi connectivity index (χ2v) is 3.94. The van der Waals surface area contributed by atoms with Crippen LogP contribution >= 0.6 is 0 Å². The summed E-state index contributed by atoms with van der Waals surface area (Å²) in [5.74, 6) is -2.63. The van der Waals surface area contributed by atoms with Crippen LogP contribution < -0.4 is 0 Å². The molecule has 0 spiro atoms. The minimum absolute atomic E-state index is 0.0731. The number of carbonyl (C=O) groups is 2. The Labute approximate surface area is 102 Å². The van der Waals surface area contributed by atoms with Gasteiger partial charge in [-0.05, 0) is 41.5 Å². The number of hydrogen-bond acceptors (Lipinski definition) is 3. The minimum atomic E-state index is -1.25. The normalized spacial score (nSPS) is 10.5. The number of carboxylic acids is 2. The van der Waals surface area contributed by atoms with Gasteiger partial charge < -0.3 is 15.3 Å². The third-order valence-electron chi connectivity index (χ3n) is 2.84. The molecule has 2 rings (SSSR count). The maximum absolute atomic E-state index is 11.0. The number of fused-ring (bicyclic) bond motifs is 1. The van der Waals surface area contributed by atoms with Gasteiger partial charge in [0.25, 0.3) is 0 Å². The molecule has 0 heterocycles. The van der Waals surface area contributed by atoms with Gasteiger partial charge in [0, 0.05) is 0 Å². The Bertz CT molecular complexity index is 673. The lowest BCUT2D eigenvalue weighted by atomic mass is 9.98. The lowest BCUT2D eigenvalue weighted by molar-refractivity contribution is 0.0685. The molecular formula is C13H10O5. The molecule has 0 amide bonds. The van der Waals surface area contributed by atoms with Gasteiger partial charge in [-0.15, -0.1) is 0 Å². The molecule has 0 saturated heterocycles. The van der Waals surface area contributed by atoms with E-state index in [9.17, 15) is 14.7 Å². The van der Waals surface area contributed by atoms with Crippen molar-refractivity contribution in [1.29, 1.82) is 0 Å². The van der Waals surface area contributed by atoms with E-state index in [1.807, 2.05) is 0 Å². The summed E-state index contributed by atoms with van der Waals surface area (Å²) in [5.41, 5.74) is 0.258. The van der Waals surface area contributed by atoms with Crippen molar-refractivity contribution in [2.24, 2.45) is 0 Å². The number of aryl methyl sites for hydroxylation is 1. The number of phenols is 1. The first-order chi connectivity index (χ1) is 8.41. The largest absolute Gasteiger partial charge is 0.507 e. The molecule has 2 aromatic rings. The first-order valence-corrected chi connectivity index (χ1v) is 5.14. The molecule has 3 N–H and O–H groups in total. The van der Waals surface area contributed by atoms with Gasteiger partial charge >= 0.3 is 11.9 Å². The van der Waals surface area contributed by atoms with Crippen LogP contribution in [0.3, 0.4) is 0 Å². The Morgan fingerprint density at radius 1 is 1.06 bits per heavy atom. The molecule has 0 aromatic heterocycles. The van der Waals surface area contributed by atoms with E-state index >= 15 is 0 Å². The van der Waals surface area contributed by atoms with Gasteiger partial charge in [0.15, 0.2) is 0 Å². The van der Waals surface area contributed by atoms with Gasteiger partial charge in [0.1, 0.15) is 11.3 Å². The van der Waals surface area contributed by atoms with E-state index < -0.39 is 11.9 Å². The Morgan fingerprint density at radius 2 is 1.72 bits per heavy atom. The van der Waals surface area contributed by atoms with Crippen molar-refractivity contribution in [3.8, 4) is 5.75 Å². The lowest BCUT2D eigenvalue weighted by Crippen LogP contribution is -2.00. The van der Waals surface area contributed by atoms with Crippen molar-refractivity contribution >= 4 is 22.7 Å². The smallest absolute Gasteiger partial charge is 0.339 e. The lowest BCUT2D eigenvalue weighted by Gasteiger charge is -2.08. The number of benzene rings is 2. The maximum atomic E-state index is 11.0. The van der Waals surface area contributed by atoms with Gasteiger partial charge in [-0.3, -0.25) is 0 Å². The van der Waals surface area contributed by atoms with E-state index in [4.69, 9.17) is 10.2 Å². The zero-order valence-corrected chi connectivity index (χ0v) is 9.47.